The molecular weight excluding hydrogens is 263 g/mol. The zero-order valence-electron chi connectivity index (χ0n) is 12.7. The van der Waals surface area contributed by atoms with Crippen molar-refractivity contribution in [3.05, 3.63) is 65.5 Å². The summed E-state index contributed by atoms with van der Waals surface area (Å²) in [6.07, 6.45) is 0. The van der Waals surface area contributed by atoms with Gasteiger partial charge in [0, 0.05) is 18.8 Å². The third-order valence-corrected chi connectivity index (χ3v) is 3.83. The molecule has 3 heteroatoms. The third kappa shape index (κ3) is 4.05. The van der Waals surface area contributed by atoms with Gasteiger partial charge < -0.3 is 10.6 Å². The van der Waals surface area contributed by atoms with Gasteiger partial charge in [0.1, 0.15) is 5.82 Å². The smallest absolute Gasteiger partial charge is 0.125 e. The maximum absolute atomic E-state index is 13.3. The number of benzene rings is 2. The molecule has 0 aliphatic heterocycles. The van der Waals surface area contributed by atoms with Crippen LogP contribution in [-0.2, 0) is 6.54 Å². The summed E-state index contributed by atoms with van der Waals surface area (Å²) < 4.78 is 13.3. The highest BCUT2D eigenvalue weighted by molar-refractivity contribution is 5.47. The molecule has 0 fully saturated rings. The molecule has 0 aromatic heterocycles. The third-order valence-electron chi connectivity index (χ3n) is 3.83. The molecule has 1 unspecified atom stereocenters. The van der Waals surface area contributed by atoms with Gasteiger partial charge in [-0.05, 0) is 48.7 Å². The molecule has 0 bridgehead atoms. The van der Waals surface area contributed by atoms with Gasteiger partial charge in [-0.25, -0.2) is 4.39 Å². The Labute approximate surface area is 126 Å². The van der Waals surface area contributed by atoms with Crippen LogP contribution in [-0.4, -0.2) is 13.1 Å². The van der Waals surface area contributed by atoms with Gasteiger partial charge in [0.2, 0.25) is 0 Å². The van der Waals surface area contributed by atoms with Crippen LogP contribution in [0, 0.1) is 5.82 Å². The van der Waals surface area contributed by atoms with Crippen molar-refractivity contribution in [2.45, 2.75) is 26.3 Å². The molecule has 0 radical (unpaired) electrons. The maximum Gasteiger partial charge on any atom is 0.125 e. The van der Waals surface area contributed by atoms with E-state index in [9.17, 15) is 4.39 Å². The number of nitrogens with two attached hydrogens (primary N) is 1. The summed E-state index contributed by atoms with van der Waals surface area (Å²) >= 11 is 0. The Hall–Kier alpha value is -1.87. The van der Waals surface area contributed by atoms with Gasteiger partial charge in [0.05, 0.1) is 0 Å². The van der Waals surface area contributed by atoms with Crippen LogP contribution in [0.3, 0.4) is 0 Å². The number of anilines is 1. The van der Waals surface area contributed by atoms with Crippen LogP contribution in [0.4, 0.5) is 10.1 Å². The summed E-state index contributed by atoms with van der Waals surface area (Å²) in [6, 6.07) is 15.3. The Kier molecular flexibility index (Phi) is 5.34. The zero-order valence-corrected chi connectivity index (χ0v) is 12.7. The number of hydrogen-bond acceptors (Lipinski definition) is 2. The summed E-state index contributed by atoms with van der Waals surface area (Å²) in [5.74, 6) is 0.183. The average molecular weight is 286 g/mol. The van der Waals surface area contributed by atoms with Gasteiger partial charge >= 0.3 is 0 Å². The SMILES string of the molecule is CCN(Cc1ccc(C(C)CN)cc1)c1cccc(F)c1. The highest BCUT2D eigenvalue weighted by Crippen LogP contribution is 2.20. The monoisotopic (exact) mass is 286 g/mol. The minimum atomic E-state index is -0.196. The Balaban J connectivity index is 2.12. The van der Waals surface area contributed by atoms with Crippen molar-refractivity contribution in [3.63, 3.8) is 0 Å². The van der Waals surface area contributed by atoms with E-state index >= 15 is 0 Å². The summed E-state index contributed by atoms with van der Waals surface area (Å²) in [7, 11) is 0. The molecular formula is C18H23FN2. The van der Waals surface area contributed by atoms with Gasteiger partial charge in [-0.3, -0.25) is 0 Å². The topological polar surface area (TPSA) is 29.3 Å². The Morgan fingerprint density at radius 1 is 1.14 bits per heavy atom. The van der Waals surface area contributed by atoms with Crippen LogP contribution in [0.15, 0.2) is 48.5 Å². The van der Waals surface area contributed by atoms with E-state index in [4.69, 9.17) is 5.73 Å². The molecule has 1 atom stereocenters. The first-order valence-electron chi connectivity index (χ1n) is 7.43. The van der Waals surface area contributed by atoms with Crippen molar-refractivity contribution in [3.8, 4) is 0 Å². The largest absolute Gasteiger partial charge is 0.367 e. The first kappa shape index (κ1) is 15.5. The Bertz CT molecular complexity index is 566. The van der Waals surface area contributed by atoms with Crippen LogP contribution in [0.5, 0.6) is 0 Å². The average Bonchev–Trinajstić information content (AvgIpc) is 2.52. The number of nitrogens with zero attached hydrogens (tertiary/aromatic N) is 1. The summed E-state index contributed by atoms with van der Waals surface area (Å²) in [5, 5.41) is 0. The normalized spacial score (nSPS) is 12.2. The Morgan fingerprint density at radius 3 is 2.43 bits per heavy atom. The number of rotatable bonds is 6. The van der Waals surface area contributed by atoms with Crippen molar-refractivity contribution in [1.29, 1.82) is 0 Å². The first-order valence-corrected chi connectivity index (χ1v) is 7.43. The van der Waals surface area contributed by atoms with E-state index in [2.05, 4.69) is 43.0 Å². The molecule has 0 aliphatic rings. The molecule has 0 saturated carbocycles. The fourth-order valence-electron chi connectivity index (χ4n) is 2.37. The van der Waals surface area contributed by atoms with E-state index in [-0.39, 0.29) is 5.82 Å². The van der Waals surface area contributed by atoms with Gasteiger partial charge in [0.25, 0.3) is 0 Å². The summed E-state index contributed by atoms with van der Waals surface area (Å²) in [5.41, 5.74) is 9.08. The molecule has 112 valence electrons. The molecule has 0 spiro atoms. The molecule has 0 heterocycles. The van der Waals surface area contributed by atoms with Crippen LogP contribution in [0.25, 0.3) is 0 Å². The predicted octanol–water partition coefficient (Wildman–Crippen LogP) is 3.91. The second-order valence-corrected chi connectivity index (χ2v) is 5.37. The second kappa shape index (κ2) is 7.23. The van der Waals surface area contributed by atoms with Gasteiger partial charge in [-0.1, -0.05) is 37.3 Å². The van der Waals surface area contributed by atoms with Gasteiger partial charge in [-0.2, -0.15) is 0 Å². The number of hydrogen-bond donors (Lipinski definition) is 1. The lowest BCUT2D eigenvalue weighted by atomic mass is 10.00. The van der Waals surface area contributed by atoms with Gasteiger partial charge in [-0.15, -0.1) is 0 Å². The van der Waals surface area contributed by atoms with Crippen LogP contribution in [0.1, 0.15) is 30.9 Å². The van der Waals surface area contributed by atoms with Crippen LogP contribution >= 0.6 is 0 Å². The molecule has 2 N–H and O–H groups in total. The van der Waals surface area contributed by atoms with E-state index in [1.54, 1.807) is 12.1 Å². The van der Waals surface area contributed by atoms with Crippen molar-refractivity contribution in [2.75, 3.05) is 18.0 Å². The van der Waals surface area contributed by atoms with Crippen molar-refractivity contribution < 1.29 is 4.39 Å². The molecule has 2 rings (SSSR count). The van der Waals surface area contributed by atoms with Crippen molar-refractivity contribution >= 4 is 5.69 Å². The molecule has 0 aliphatic carbocycles. The van der Waals surface area contributed by atoms with Gasteiger partial charge in [0.15, 0.2) is 0 Å². The summed E-state index contributed by atoms with van der Waals surface area (Å²) in [4.78, 5) is 2.16. The lowest BCUT2D eigenvalue weighted by molar-refractivity contribution is 0.626. The van der Waals surface area contributed by atoms with Crippen molar-refractivity contribution in [1.82, 2.24) is 0 Å². The Morgan fingerprint density at radius 2 is 1.86 bits per heavy atom. The quantitative estimate of drug-likeness (QED) is 0.872. The minimum absolute atomic E-state index is 0.196. The van der Waals surface area contributed by atoms with Crippen LogP contribution < -0.4 is 10.6 Å². The predicted molar refractivity (Wildman–Crippen MR) is 87.0 cm³/mol. The second-order valence-electron chi connectivity index (χ2n) is 5.37. The van der Waals surface area contributed by atoms with Crippen LogP contribution in [0.2, 0.25) is 0 Å². The van der Waals surface area contributed by atoms with E-state index in [1.165, 1.54) is 17.2 Å². The summed E-state index contributed by atoms with van der Waals surface area (Å²) in [6.45, 7) is 6.47. The highest BCUT2D eigenvalue weighted by atomic mass is 19.1. The maximum atomic E-state index is 13.3. The number of halogens is 1. The first-order chi connectivity index (χ1) is 10.1. The molecule has 2 aromatic rings. The molecule has 21 heavy (non-hydrogen) atoms. The fraction of sp³-hybridized carbons (Fsp3) is 0.333. The van der Waals surface area contributed by atoms with Crippen molar-refractivity contribution in [2.24, 2.45) is 5.73 Å². The molecule has 2 aromatic carbocycles. The fourth-order valence-corrected chi connectivity index (χ4v) is 2.37. The van der Waals surface area contributed by atoms with E-state index < -0.39 is 0 Å². The minimum Gasteiger partial charge on any atom is -0.367 e. The highest BCUT2D eigenvalue weighted by Gasteiger charge is 2.07. The molecule has 0 saturated heterocycles. The molecule has 0 amide bonds. The van der Waals surface area contributed by atoms with E-state index in [1.807, 2.05) is 6.07 Å². The van der Waals surface area contributed by atoms with E-state index in [0.717, 1.165) is 18.8 Å². The lowest BCUT2D eigenvalue weighted by Crippen LogP contribution is -2.22. The molecule has 2 nitrogen and oxygen atoms in total. The zero-order chi connectivity index (χ0) is 15.2. The van der Waals surface area contributed by atoms with E-state index in [0.29, 0.717) is 12.5 Å². The standard InChI is InChI=1S/C18H23FN2/c1-3-21(18-6-4-5-17(19)11-18)13-15-7-9-16(10-8-15)14(2)12-20/h4-11,14H,3,12-13,20H2,1-2H3. The lowest BCUT2D eigenvalue weighted by Gasteiger charge is -2.23.